The Morgan fingerprint density at radius 2 is 1.96 bits per heavy atom. The van der Waals surface area contributed by atoms with E-state index in [9.17, 15) is 9.18 Å². The molecular weight excluding hydrogens is 351 g/mol. The molecule has 2 aromatic rings. The summed E-state index contributed by atoms with van der Waals surface area (Å²) < 4.78 is 13.3. The van der Waals surface area contributed by atoms with Gasteiger partial charge in [0.1, 0.15) is 5.82 Å². The summed E-state index contributed by atoms with van der Waals surface area (Å²) in [4.78, 5) is 16.9. The number of nitrogens with zero attached hydrogens (tertiary/aromatic N) is 2. The van der Waals surface area contributed by atoms with Gasteiger partial charge in [-0.3, -0.25) is 4.79 Å². The van der Waals surface area contributed by atoms with Crippen molar-refractivity contribution in [2.75, 3.05) is 33.2 Å². The normalized spacial score (nSPS) is 15.2. The summed E-state index contributed by atoms with van der Waals surface area (Å²) in [6, 6.07) is 14.1. The zero-order valence-corrected chi connectivity index (χ0v) is 16.4. The third-order valence-electron chi connectivity index (χ3n) is 5.47. The van der Waals surface area contributed by atoms with E-state index >= 15 is 0 Å². The fourth-order valence-electron chi connectivity index (χ4n) is 3.80. The molecule has 146 valence electrons. The number of likely N-dealkylation sites (tertiary alicyclic amines) is 1. The molecule has 1 fully saturated rings. The van der Waals surface area contributed by atoms with Crippen LogP contribution in [-0.4, -0.2) is 48.9 Å². The Morgan fingerprint density at radius 3 is 2.68 bits per heavy atom. The fourth-order valence-corrected chi connectivity index (χ4v) is 3.80. The standard InChI is InChI=1S/C24H27FN2O/c1-3-19-6-4-8-22(16-19)24(28)26(2)18-21-11-14-27(15-12-21)13-10-20-7-5-9-23(25)17-20/h1,4-9,16-17,21H,10-15,18H2,2H3. The van der Waals surface area contributed by atoms with Crippen LogP contribution in [0.2, 0.25) is 0 Å². The van der Waals surface area contributed by atoms with Gasteiger partial charge >= 0.3 is 0 Å². The van der Waals surface area contributed by atoms with Crippen molar-refractivity contribution in [1.29, 1.82) is 0 Å². The Bertz CT molecular complexity index is 850. The highest BCUT2D eigenvalue weighted by atomic mass is 19.1. The summed E-state index contributed by atoms with van der Waals surface area (Å²) >= 11 is 0. The zero-order valence-electron chi connectivity index (χ0n) is 16.4. The van der Waals surface area contributed by atoms with E-state index in [2.05, 4.69) is 10.8 Å². The van der Waals surface area contributed by atoms with Gasteiger partial charge in [-0.15, -0.1) is 6.42 Å². The van der Waals surface area contributed by atoms with Crippen molar-refractivity contribution in [3.05, 3.63) is 71.0 Å². The predicted octanol–water partition coefficient (Wildman–Crippen LogP) is 3.83. The van der Waals surface area contributed by atoms with E-state index in [0.717, 1.165) is 56.6 Å². The van der Waals surface area contributed by atoms with E-state index in [0.29, 0.717) is 11.5 Å². The van der Waals surface area contributed by atoms with E-state index < -0.39 is 0 Å². The Labute approximate surface area is 167 Å². The van der Waals surface area contributed by atoms with Crippen LogP contribution in [0.25, 0.3) is 0 Å². The smallest absolute Gasteiger partial charge is 0.253 e. The Kier molecular flexibility index (Phi) is 6.84. The van der Waals surface area contributed by atoms with Crippen molar-refractivity contribution >= 4 is 5.91 Å². The number of halogens is 1. The van der Waals surface area contributed by atoms with E-state index in [-0.39, 0.29) is 11.7 Å². The first kappa shape index (κ1) is 20.1. The average Bonchev–Trinajstić information content (AvgIpc) is 2.72. The maximum absolute atomic E-state index is 13.3. The molecule has 0 atom stereocenters. The van der Waals surface area contributed by atoms with Crippen molar-refractivity contribution < 1.29 is 9.18 Å². The first-order valence-corrected chi connectivity index (χ1v) is 9.84. The van der Waals surface area contributed by atoms with Gasteiger partial charge in [-0.25, -0.2) is 4.39 Å². The lowest BCUT2D eigenvalue weighted by atomic mass is 9.95. The number of hydrogen-bond acceptors (Lipinski definition) is 2. The minimum absolute atomic E-state index is 0.0191. The summed E-state index contributed by atoms with van der Waals surface area (Å²) in [7, 11) is 1.86. The first-order chi connectivity index (χ1) is 13.5. The van der Waals surface area contributed by atoms with Gasteiger partial charge in [-0.05, 0) is 74.2 Å². The summed E-state index contributed by atoms with van der Waals surface area (Å²) in [6.45, 7) is 3.75. The van der Waals surface area contributed by atoms with Crippen molar-refractivity contribution in [2.24, 2.45) is 5.92 Å². The molecule has 0 N–H and O–H groups in total. The van der Waals surface area contributed by atoms with Crippen LogP contribution in [0.5, 0.6) is 0 Å². The SMILES string of the molecule is C#Cc1cccc(C(=O)N(C)CC2CCN(CCc3cccc(F)c3)CC2)c1. The van der Waals surface area contributed by atoms with Gasteiger partial charge < -0.3 is 9.80 Å². The lowest BCUT2D eigenvalue weighted by Gasteiger charge is -2.34. The number of carbonyl (C=O) groups excluding carboxylic acids is 1. The first-order valence-electron chi connectivity index (χ1n) is 9.84. The van der Waals surface area contributed by atoms with E-state index in [4.69, 9.17) is 6.42 Å². The minimum Gasteiger partial charge on any atom is -0.341 e. The fraction of sp³-hybridized carbons (Fsp3) is 0.375. The Hall–Kier alpha value is -2.64. The van der Waals surface area contributed by atoms with Gasteiger partial charge in [0.05, 0.1) is 0 Å². The second-order valence-electron chi connectivity index (χ2n) is 7.58. The molecule has 3 nitrogen and oxygen atoms in total. The van der Waals surface area contributed by atoms with Crippen LogP contribution in [-0.2, 0) is 6.42 Å². The van der Waals surface area contributed by atoms with Crippen molar-refractivity contribution in [3.63, 3.8) is 0 Å². The molecule has 3 rings (SSSR count). The van der Waals surface area contributed by atoms with Crippen LogP contribution >= 0.6 is 0 Å². The average molecular weight is 378 g/mol. The van der Waals surface area contributed by atoms with Gasteiger partial charge in [-0.1, -0.05) is 24.1 Å². The molecule has 0 radical (unpaired) electrons. The molecule has 1 aliphatic rings. The number of amides is 1. The summed E-state index contributed by atoms with van der Waals surface area (Å²) in [5.41, 5.74) is 2.41. The molecule has 0 unspecified atom stereocenters. The second-order valence-corrected chi connectivity index (χ2v) is 7.58. The molecule has 0 spiro atoms. The number of benzene rings is 2. The maximum Gasteiger partial charge on any atom is 0.253 e. The van der Waals surface area contributed by atoms with Crippen molar-refractivity contribution in [3.8, 4) is 12.3 Å². The molecule has 1 heterocycles. The summed E-state index contributed by atoms with van der Waals surface area (Å²) in [6.07, 6.45) is 8.44. The van der Waals surface area contributed by atoms with Gasteiger partial charge in [0, 0.05) is 31.3 Å². The van der Waals surface area contributed by atoms with E-state index in [1.165, 1.54) is 6.07 Å². The third kappa shape index (κ3) is 5.43. The molecular formula is C24H27FN2O. The Balaban J connectivity index is 1.44. The van der Waals surface area contributed by atoms with Crippen LogP contribution in [0.3, 0.4) is 0 Å². The quantitative estimate of drug-likeness (QED) is 0.713. The van der Waals surface area contributed by atoms with E-state index in [1.807, 2.05) is 36.2 Å². The molecule has 28 heavy (non-hydrogen) atoms. The maximum atomic E-state index is 13.3. The van der Waals surface area contributed by atoms with Gasteiger partial charge in [0.15, 0.2) is 0 Å². The van der Waals surface area contributed by atoms with Crippen LogP contribution in [0.4, 0.5) is 4.39 Å². The number of piperidine rings is 1. The van der Waals surface area contributed by atoms with Crippen LogP contribution in [0.15, 0.2) is 48.5 Å². The highest BCUT2D eigenvalue weighted by molar-refractivity contribution is 5.94. The van der Waals surface area contributed by atoms with Crippen molar-refractivity contribution in [1.82, 2.24) is 9.80 Å². The molecule has 0 saturated carbocycles. The summed E-state index contributed by atoms with van der Waals surface area (Å²) in [5.74, 6) is 2.94. The van der Waals surface area contributed by atoms with Gasteiger partial charge in [0.25, 0.3) is 5.91 Å². The van der Waals surface area contributed by atoms with Crippen LogP contribution in [0.1, 0.15) is 34.3 Å². The monoisotopic (exact) mass is 378 g/mol. The molecule has 0 aliphatic carbocycles. The molecule has 2 aromatic carbocycles. The predicted molar refractivity (Wildman–Crippen MR) is 111 cm³/mol. The minimum atomic E-state index is -0.170. The largest absolute Gasteiger partial charge is 0.341 e. The van der Waals surface area contributed by atoms with Crippen LogP contribution in [0, 0.1) is 24.1 Å². The molecule has 0 aromatic heterocycles. The van der Waals surface area contributed by atoms with Gasteiger partial charge in [-0.2, -0.15) is 0 Å². The Morgan fingerprint density at radius 1 is 1.21 bits per heavy atom. The highest BCUT2D eigenvalue weighted by Crippen LogP contribution is 2.19. The van der Waals surface area contributed by atoms with Crippen LogP contribution < -0.4 is 0 Å². The number of hydrogen-bond donors (Lipinski definition) is 0. The lowest BCUT2D eigenvalue weighted by molar-refractivity contribution is 0.0740. The molecule has 1 saturated heterocycles. The molecule has 4 heteroatoms. The number of terminal acetylenes is 1. The molecule has 1 amide bonds. The third-order valence-corrected chi connectivity index (χ3v) is 5.47. The molecule has 0 bridgehead atoms. The number of rotatable bonds is 6. The molecule has 1 aliphatic heterocycles. The summed E-state index contributed by atoms with van der Waals surface area (Å²) in [5, 5.41) is 0. The van der Waals surface area contributed by atoms with Gasteiger partial charge in [0.2, 0.25) is 0 Å². The zero-order chi connectivity index (χ0) is 19.9. The lowest BCUT2D eigenvalue weighted by Crippen LogP contribution is -2.40. The van der Waals surface area contributed by atoms with E-state index in [1.54, 1.807) is 18.2 Å². The van der Waals surface area contributed by atoms with Crippen molar-refractivity contribution in [2.45, 2.75) is 19.3 Å². The topological polar surface area (TPSA) is 23.6 Å². The highest BCUT2D eigenvalue weighted by Gasteiger charge is 2.22. The second kappa shape index (κ2) is 9.52. The number of carbonyl (C=O) groups is 1.